The van der Waals surface area contributed by atoms with Crippen LogP contribution in [0.5, 0.6) is 0 Å². The van der Waals surface area contributed by atoms with Gasteiger partial charge in [0.15, 0.2) is 0 Å². The average molecular weight is 535 g/mol. The lowest BCUT2D eigenvalue weighted by Crippen LogP contribution is -1.87. The molecule has 0 aliphatic carbocycles. The van der Waals surface area contributed by atoms with Crippen molar-refractivity contribution >= 4 is 44.4 Å². The molecule has 2 N–H and O–H groups in total. The molecular weight excluding hydrogens is 488 g/mol. The summed E-state index contributed by atoms with van der Waals surface area (Å²) in [6, 6.07) is 9.24. The zero-order valence-electron chi connectivity index (χ0n) is 25.9. The second kappa shape index (κ2) is 11.6. The van der Waals surface area contributed by atoms with Gasteiger partial charge in [-0.2, -0.15) is 0 Å². The molecule has 40 heavy (non-hydrogen) atoms. The molecule has 0 aromatic carbocycles. The van der Waals surface area contributed by atoms with Crippen LogP contribution in [0.1, 0.15) is 126 Å². The average Bonchev–Trinajstić information content (AvgIpc) is 3.67. The third-order valence-electron chi connectivity index (χ3n) is 8.97. The number of aromatic nitrogens is 4. The Balaban J connectivity index is 2.03. The largest absolute Gasteiger partial charge is 0.355 e. The van der Waals surface area contributed by atoms with Crippen LogP contribution in [-0.4, -0.2) is 19.9 Å². The van der Waals surface area contributed by atoms with Crippen LogP contribution in [-0.2, 0) is 25.7 Å². The molecule has 8 bridgehead atoms. The first kappa shape index (κ1) is 28.1. The van der Waals surface area contributed by atoms with E-state index in [9.17, 15) is 0 Å². The van der Waals surface area contributed by atoms with E-state index in [0.717, 1.165) is 74.1 Å². The number of hydrogen-bond acceptors (Lipinski definition) is 2. The molecule has 4 nitrogen and oxygen atoms in total. The quantitative estimate of drug-likeness (QED) is 0.302. The molecule has 5 heterocycles. The standard InChI is InChI=1S/C36H46N4/c1-9-21-22(10-2)30-18-32-25(13-5)26(14-6)34(39-32)20-36-28(16-8)27(15-7)35(40-36)19-33-24(12-4)23(11-3)31(38-33)17-29(21)37-30/h17-20,37,40H,9-16H2,1-8H3. The van der Waals surface area contributed by atoms with E-state index in [2.05, 4.69) is 89.6 Å². The normalized spacial score (nSPS) is 13.6. The van der Waals surface area contributed by atoms with Gasteiger partial charge in [0, 0.05) is 22.1 Å². The van der Waals surface area contributed by atoms with Gasteiger partial charge in [-0.3, -0.25) is 0 Å². The van der Waals surface area contributed by atoms with Crippen LogP contribution in [0.15, 0.2) is 24.3 Å². The number of aromatic amines is 2. The molecule has 0 unspecified atom stereocenters. The Bertz CT molecular complexity index is 1430. The van der Waals surface area contributed by atoms with Crippen molar-refractivity contribution in [2.24, 2.45) is 0 Å². The van der Waals surface area contributed by atoms with Gasteiger partial charge in [-0.05, 0) is 120 Å². The predicted octanol–water partition coefficient (Wildman–Crippen LogP) is 10.0. The number of rotatable bonds is 8. The lowest BCUT2D eigenvalue weighted by molar-refractivity contribution is 1.07. The molecule has 0 amide bonds. The van der Waals surface area contributed by atoms with Crippen LogP contribution in [0.25, 0.3) is 44.4 Å². The summed E-state index contributed by atoms with van der Waals surface area (Å²) in [6.07, 6.45) is 7.84. The van der Waals surface area contributed by atoms with Crippen LogP contribution in [0.3, 0.4) is 0 Å². The van der Waals surface area contributed by atoms with Crippen LogP contribution >= 0.6 is 0 Å². The van der Waals surface area contributed by atoms with E-state index in [-0.39, 0.29) is 0 Å². The van der Waals surface area contributed by atoms with Crippen LogP contribution < -0.4 is 0 Å². The van der Waals surface area contributed by atoms with Crippen molar-refractivity contribution in [1.29, 1.82) is 0 Å². The van der Waals surface area contributed by atoms with E-state index in [1.807, 2.05) is 0 Å². The van der Waals surface area contributed by atoms with E-state index < -0.39 is 0 Å². The maximum Gasteiger partial charge on any atom is 0.0693 e. The highest BCUT2D eigenvalue weighted by atomic mass is 14.8. The van der Waals surface area contributed by atoms with Gasteiger partial charge in [0.05, 0.1) is 22.8 Å². The number of aryl methyl sites for hydroxylation is 4. The molecule has 3 aromatic heterocycles. The lowest BCUT2D eigenvalue weighted by atomic mass is 9.98. The molecule has 0 fully saturated rings. The minimum atomic E-state index is 0.974. The summed E-state index contributed by atoms with van der Waals surface area (Å²) >= 11 is 0. The molecule has 0 atom stereocenters. The SMILES string of the molecule is CCC1=C(CC)c2cc3[nH]c(cc4nc(cc5[nH]c(cc1n2)c(CC)c5CC)C(CC)=C4CC)c(CC)c3CC. The van der Waals surface area contributed by atoms with Gasteiger partial charge in [0.25, 0.3) is 0 Å². The molecule has 2 aliphatic rings. The van der Waals surface area contributed by atoms with Crippen molar-refractivity contribution in [3.05, 3.63) is 69.3 Å². The highest BCUT2D eigenvalue weighted by molar-refractivity contribution is 5.95. The highest BCUT2D eigenvalue weighted by Gasteiger charge is 2.21. The number of nitrogens with zero attached hydrogens (tertiary/aromatic N) is 2. The smallest absolute Gasteiger partial charge is 0.0693 e. The van der Waals surface area contributed by atoms with Crippen molar-refractivity contribution in [2.45, 2.75) is 107 Å². The fraction of sp³-hybridized carbons (Fsp3) is 0.444. The van der Waals surface area contributed by atoms with E-state index in [0.29, 0.717) is 0 Å². The zero-order chi connectivity index (χ0) is 28.6. The van der Waals surface area contributed by atoms with Crippen molar-refractivity contribution < 1.29 is 0 Å². The molecule has 4 heteroatoms. The molecule has 5 rings (SSSR count). The Hall–Kier alpha value is -3.40. The van der Waals surface area contributed by atoms with Gasteiger partial charge in [0.1, 0.15) is 0 Å². The van der Waals surface area contributed by atoms with Crippen LogP contribution in [0, 0.1) is 0 Å². The molecule has 3 aromatic rings. The van der Waals surface area contributed by atoms with E-state index in [4.69, 9.17) is 9.97 Å². The Morgan fingerprint density at radius 3 is 0.775 bits per heavy atom. The summed E-state index contributed by atoms with van der Waals surface area (Å²) < 4.78 is 0. The van der Waals surface area contributed by atoms with E-state index in [1.54, 1.807) is 0 Å². The van der Waals surface area contributed by atoms with Gasteiger partial charge >= 0.3 is 0 Å². The third-order valence-corrected chi connectivity index (χ3v) is 8.97. The summed E-state index contributed by atoms with van der Waals surface area (Å²) in [5.41, 5.74) is 20.2. The Labute approximate surface area is 240 Å². The topological polar surface area (TPSA) is 57.4 Å². The molecule has 0 spiro atoms. The van der Waals surface area contributed by atoms with Crippen molar-refractivity contribution in [3.8, 4) is 0 Å². The van der Waals surface area contributed by atoms with Crippen molar-refractivity contribution in [3.63, 3.8) is 0 Å². The number of fused-ring (bicyclic) bond motifs is 8. The first-order valence-corrected chi connectivity index (χ1v) is 15.7. The van der Waals surface area contributed by atoms with Gasteiger partial charge in [0.2, 0.25) is 0 Å². The summed E-state index contributed by atoms with van der Waals surface area (Å²) in [4.78, 5) is 18.2. The van der Waals surface area contributed by atoms with Gasteiger partial charge < -0.3 is 9.97 Å². The van der Waals surface area contributed by atoms with Crippen molar-refractivity contribution in [1.82, 2.24) is 19.9 Å². The van der Waals surface area contributed by atoms with Crippen molar-refractivity contribution in [2.75, 3.05) is 0 Å². The molecule has 210 valence electrons. The lowest BCUT2D eigenvalue weighted by Gasteiger charge is -2.03. The number of nitrogens with one attached hydrogen (secondary N) is 2. The fourth-order valence-electron chi connectivity index (χ4n) is 7.10. The van der Waals surface area contributed by atoms with Gasteiger partial charge in [-0.25, -0.2) is 9.97 Å². The van der Waals surface area contributed by atoms with Gasteiger partial charge in [-0.1, -0.05) is 55.4 Å². The second-order valence-corrected chi connectivity index (χ2v) is 10.9. The van der Waals surface area contributed by atoms with E-state index in [1.165, 1.54) is 66.6 Å². The minimum Gasteiger partial charge on any atom is -0.355 e. The summed E-state index contributed by atoms with van der Waals surface area (Å²) in [5, 5.41) is 0. The van der Waals surface area contributed by atoms with Gasteiger partial charge in [-0.15, -0.1) is 0 Å². The fourth-order valence-corrected chi connectivity index (χ4v) is 7.10. The zero-order valence-corrected chi connectivity index (χ0v) is 25.9. The Kier molecular flexibility index (Phi) is 8.16. The maximum absolute atomic E-state index is 5.29. The first-order chi connectivity index (χ1) is 19.5. The predicted molar refractivity (Wildman–Crippen MR) is 173 cm³/mol. The third kappa shape index (κ3) is 4.56. The molecular formula is C36H46N4. The Morgan fingerprint density at radius 1 is 0.375 bits per heavy atom. The number of hydrogen-bond donors (Lipinski definition) is 2. The van der Waals surface area contributed by atoms with E-state index >= 15 is 0 Å². The summed E-state index contributed by atoms with van der Waals surface area (Å²) in [7, 11) is 0. The Morgan fingerprint density at radius 2 is 0.600 bits per heavy atom. The minimum absolute atomic E-state index is 0.974. The maximum atomic E-state index is 5.29. The summed E-state index contributed by atoms with van der Waals surface area (Å²) in [5.74, 6) is 0. The van der Waals surface area contributed by atoms with Crippen LogP contribution in [0.4, 0.5) is 0 Å². The monoisotopic (exact) mass is 534 g/mol. The molecule has 0 radical (unpaired) electrons. The molecule has 0 saturated heterocycles. The first-order valence-electron chi connectivity index (χ1n) is 15.7. The molecule has 0 saturated carbocycles. The number of allylic oxidation sites excluding steroid dienone is 4. The number of H-pyrrole nitrogens is 2. The van der Waals surface area contributed by atoms with Crippen LogP contribution in [0.2, 0.25) is 0 Å². The highest BCUT2D eigenvalue weighted by Crippen LogP contribution is 2.38. The molecule has 2 aliphatic heterocycles. The second-order valence-electron chi connectivity index (χ2n) is 10.9. The summed E-state index contributed by atoms with van der Waals surface area (Å²) in [6.45, 7) is 18.1.